The third kappa shape index (κ3) is 0.326. The highest BCUT2D eigenvalue weighted by atomic mass is 15.7. The lowest BCUT2D eigenvalue weighted by molar-refractivity contribution is -1.20. The molecule has 0 nitrogen and oxygen atoms in total. The van der Waals surface area contributed by atoms with Crippen molar-refractivity contribution in [1.29, 1.82) is 0 Å². The molecule has 32 rings (SSSR count). The summed E-state index contributed by atoms with van der Waals surface area (Å²) in [5.74, 6) is 27.8. The van der Waals surface area contributed by atoms with Gasteiger partial charge < -0.3 is 0 Å². The molecule has 0 amide bonds. The molecule has 0 aromatic heterocycles. The maximum Gasteiger partial charge on any atom is -0.000716 e. The van der Waals surface area contributed by atoms with Crippen molar-refractivity contribution in [3.63, 3.8) is 0 Å². The zero-order chi connectivity index (χ0) is 24.9. The van der Waals surface area contributed by atoms with Crippen molar-refractivity contribution in [2.45, 2.75) is 25.7 Å². The first kappa shape index (κ1) is 15.1. The molecule has 28 atom stereocenters. The molecule has 0 N–H and O–H groups in total. The minimum Gasteiger partial charge on any atom is -0.0458 e. The Balaban J connectivity index is 0.894. The van der Waals surface area contributed by atoms with Gasteiger partial charge in [0, 0.05) is 0 Å². The Morgan fingerprint density at radius 2 is 0.444 bits per heavy atom. The van der Waals surface area contributed by atoms with Gasteiger partial charge in [0.05, 0.1) is 0 Å². The molecule has 32 aliphatic rings. The first-order chi connectivity index (χ1) is 22.4. The van der Waals surface area contributed by atoms with E-state index in [1.54, 1.807) is 0 Å². The standard InChI is InChI=1S/C45H28/c1-5-13-6-2-10-16-21-24-22-18-12-4-8-14-7-3-11-17-20-23-19-15-9(1)25(5)29(13)26(6,10)32(16)37(21)40(24)38(22)34(18)28(8,12)30(14)27(7,11)33(17)36(20)39(23)35(19)31(15,25)41(29,32)43(35,37)45(39,40)44(36,38)42(30,33)34/h5-24H,1-4H2. The Kier molecular flexibility index (Phi) is 0.755. The maximum absolute atomic E-state index is 1.83. The molecule has 0 radical (unpaired) electrons. The SMILES string of the molecule is C1C2C3C4CC5C6C7C8C9C%10C%11CC%12C%13C%14CC%15C%16C%17C%18C%19C%20C1C21C32C45C63C74C85C96C%107C%12%11C%138C%14%15C%169C%17%10C%18%11C%19%12C%201C23C%124C%115C%106C897. The summed E-state index contributed by atoms with van der Waals surface area (Å²) in [6.07, 6.45) is 7.33. The topological polar surface area (TPSA) is 0 Å². The number of rotatable bonds is 0. The minimum atomic E-state index is 1.11. The van der Waals surface area contributed by atoms with E-state index in [0.717, 1.165) is 114 Å². The Bertz CT molecular complexity index is 2520. The summed E-state index contributed by atoms with van der Waals surface area (Å²) in [7, 11) is 0. The van der Waals surface area contributed by atoms with Gasteiger partial charge in [-0.15, -0.1) is 0 Å². The highest BCUT2D eigenvalue weighted by Crippen LogP contribution is 3.67. The van der Waals surface area contributed by atoms with E-state index < -0.39 is 0 Å². The Morgan fingerprint density at radius 3 is 0.778 bits per heavy atom. The predicted molar refractivity (Wildman–Crippen MR) is 139 cm³/mol. The summed E-state index contributed by atoms with van der Waals surface area (Å²) in [5, 5.41) is 0. The fraction of sp³-hybridized carbons (Fsp3) is 1.00. The summed E-state index contributed by atoms with van der Waals surface area (Å²) in [6, 6.07) is 0. The molecule has 32 fully saturated rings. The first-order valence-corrected chi connectivity index (χ1v) is 22.4. The van der Waals surface area contributed by atoms with Crippen LogP contribution in [-0.4, -0.2) is 0 Å². The average molecular weight is 569 g/mol. The van der Waals surface area contributed by atoms with E-state index in [2.05, 4.69) is 0 Å². The zero-order valence-corrected chi connectivity index (χ0v) is 24.9. The molecule has 0 aromatic carbocycles. The van der Waals surface area contributed by atoms with Gasteiger partial charge in [0.2, 0.25) is 0 Å². The van der Waals surface area contributed by atoms with Gasteiger partial charge in [-0.05, 0) is 258 Å². The molecule has 32 saturated carbocycles. The van der Waals surface area contributed by atoms with E-state index in [9.17, 15) is 0 Å². The molecule has 0 heterocycles. The van der Waals surface area contributed by atoms with E-state index in [1.807, 2.05) is 25.7 Å². The molecule has 32 aliphatic carbocycles. The van der Waals surface area contributed by atoms with Crippen LogP contribution < -0.4 is 0 Å². The van der Waals surface area contributed by atoms with Crippen LogP contribution in [0.2, 0.25) is 0 Å². The van der Waals surface area contributed by atoms with Gasteiger partial charge in [0.1, 0.15) is 0 Å². The van der Waals surface area contributed by atoms with Crippen molar-refractivity contribution in [2.24, 2.45) is 232 Å². The van der Waals surface area contributed by atoms with Crippen LogP contribution in [0.15, 0.2) is 0 Å². The van der Waals surface area contributed by atoms with Gasteiger partial charge >= 0.3 is 0 Å². The molecule has 208 valence electrons. The van der Waals surface area contributed by atoms with Crippen LogP contribution in [-0.2, 0) is 0 Å². The van der Waals surface area contributed by atoms with Crippen LogP contribution in [0, 0.1) is 232 Å². The molecule has 0 aliphatic heterocycles. The van der Waals surface area contributed by atoms with E-state index >= 15 is 0 Å². The van der Waals surface area contributed by atoms with Gasteiger partial charge in [0.15, 0.2) is 0 Å². The average Bonchev–Trinajstić information content (AvgIpc) is 2.89. The van der Waals surface area contributed by atoms with Crippen molar-refractivity contribution < 1.29 is 0 Å². The van der Waals surface area contributed by atoms with E-state index in [-0.39, 0.29) is 0 Å². The molecule has 0 saturated heterocycles. The zero-order valence-electron chi connectivity index (χ0n) is 24.9. The summed E-state index contributed by atoms with van der Waals surface area (Å²) in [6.45, 7) is 0. The third-order valence-electron chi connectivity index (χ3n) is 38.8. The van der Waals surface area contributed by atoms with Crippen molar-refractivity contribution in [2.75, 3.05) is 0 Å². The number of hydrogen-bond acceptors (Lipinski definition) is 0. The fourth-order valence-corrected chi connectivity index (χ4v) is 49.2. The van der Waals surface area contributed by atoms with Gasteiger partial charge in [0.25, 0.3) is 0 Å². The summed E-state index contributed by atoms with van der Waals surface area (Å²) in [4.78, 5) is 0. The predicted octanol–water partition coefficient (Wildman–Crippen LogP) is 4.02. The number of fused-ring (bicyclic) bond motifs is 16. The second-order valence-electron chi connectivity index (χ2n) is 29.0. The molecule has 28 unspecified atom stereocenters. The molecule has 21 spiro atoms. The van der Waals surface area contributed by atoms with Crippen LogP contribution >= 0.6 is 0 Å². The fourth-order valence-electron chi connectivity index (χ4n) is 49.2. The largest absolute Gasteiger partial charge is 0.0458 e. The van der Waals surface area contributed by atoms with Crippen molar-refractivity contribution in [3.8, 4) is 0 Å². The highest BCUT2D eigenvalue weighted by Gasteiger charge is 3.66. The maximum atomic E-state index is 1.83. The van der Waals surface area contributed by atoms with E-state index in [4.69, 9.17) is 0 Å². The lowest BCUT2D eigenvalue weighted by Gasteiger charge is -3.64. The summed E-state index contributed by atoms with van der Waals surface area (Å²) >= 11 is 0. The molecule has 0 bridgehead atoms. The molecular weight excluding hydrogens is 540 g/mol. The van der Waals surface area contributed by atoms with Crippen LogP contribution in [0.5, 0.6) is 0 Å². The summed E-state index contributed by atoms with van der Waals surface area (Å²) < 4.78 is 0. The van der Waals surface area contributed by atoms with E-state index in [1.165, 1.54) is 118 Å². The van der Waals surface area contributed by atoms with Crippen molar-refractivity contribution in [3.05, 3.63) is 0 Å². The van der Waals surface area contributed by atoms with Crippen molar-refractivity contribution in [1.82, 2.24) is 0 Å². The van der Waals surface area contributed by atoms with Gasteiger partial charge in [-0.1, -0.05) is 0 Å². The normalized spacial score (nSPS) is 140. The molecule has 45 heavy (non-hydrogen) atoms. The Morgan fingerprint density at radius 1 is 0.200 bits per heavy atom. The second kappa shape index (κ2) is 2.25. The smallest absolute Gasteiger partial charge is 0.000716 e. The van der Waals surface area contributed by atoms with E-state index in [0.29, 0.717) is 0 Å². The molecule has 0 aromatic rings. The molecule has 0 heteroatoms. The number of hydrogen-bond donors (Lipinski definition) is 0. The van der Waals surface area contributed by atoms with Crippen LogP contribution in [0.1, 0.15) is 25.7 Å². The van der Waals surface area contributed by atoms with Gasteiger partial charge in [-0.2, -0.15) is 0 Å². The van der Waals surface area contributed by atoms with Crippen molar-refractivity contribution >= 4 is 0 Å². The van der Waals surface area contributed by atoms with Gasteiger partial charge in [-0.25, -0.2) is 0 Å². The lowest BCUT2D eigenvalue weighted by atomic mass is 8.38. The second-order valence-corrected chi connectivity index (χ2v) is 29.0. The quantitative estimate of drug-likeness (QED) is 0.414. The highest BCUT2D eigenvalue weighted by molar-refractivity contribution is 6.10. The lowest BCUT2D eigenvalue weighted by Crippen LogP contribution is -3.63. The minimum absolute atomic E-state index is 1.11. The van der Waals surface area contributed by atoms with Crippen LogP contribution in [0.3, 0.4) is 0 Å². The Hall–Kier alpha value is 0. The first-order valence-electron chi connectivity index (χ1n) is 22.4. The van der Waals surface area contributed by atoms with Crippen LogP contribution in [0.25, 0.3) is 0 Å². The Labute approximate surface area is 257 Å². The van der Waals surface area contributed by atoms with Gasteiger partial charge in [-0.3, -0.25) is 0 Å². The summed E-state index contributed by atoms with van der Waals surface area (Å²) in [5.41, 5.74) is 23.8. The van der Waals surface area contributed by atoms with Crippen LogP contribution in [0.4, 0.5) is 0 Å². The monoisotopic (exact) mass is 568 g/mol. The third-order valence-corrected chi connectivity index (χ3v) is 38.8. The molecular formula is C45H28.